The lowest BCUT2D eigenvalue weighted by molar-refractivity contribution is -0.384. The molecule has 0 amide bonds. The largest absolute Gasteiger partial charge is 0.401 e. The summed E-state index contributed by atoms with van der Waals surface area (Å²) in [5.74, 6) is 0. The molecule has 0 aliphatic carbocycles. The average Bonchev–Trinajstić information content (AvgIpc) is 2.96. The van der Waals surface area contributed by atoms with Crippen LogP contribution < -0.4 is 5.32 Å². The van der Waals surface area contributed by atoms with E-state index in [0.717, 1.165) is 11.4 Å². The van der Waals surface area contributed by atoms with Crippen LogP contribution in [0.4, 0.5) is 24.5 Å². The number of aryl methyl sites for hydroxylation is 1. The van der Waals surface area contributed by atoms with Crippen LogP contribution in [0.15, 0.2) is 6.20 Å². The van der Waals surface area contributed by atoms with Crippen molar-refractivity contribution in [2.75, 3.05) is 11.9 Å². The molecule has 1 aliphatic rings. The summed E-state index contributed by atoms with van der Waals surface area (Å²) >= 11 is 0. The summed E-state index contributed by atoms with van der Waals surface area (Å²) < 4.78 is 41.4. The topological polar surface area (TPSA) is 85.4 Å². The van der Waals surface area contributed by atoms with Gasteiger partial charge in [-0.15, -0.1) is 0 Å². The van der Waals surface area contributed by atoms with Gasteiger partial charge in [-0.05, 0) is 13.3 Å². The first-order chi connectivity index (χ1) is 10.2. The number of hydrogen-bond donors (Lipinski definition) is 1. The van der Waals surface area contributed by atoms with Crippen molar-refractivity contribution in [2.45, 2.75) is 31.9 Å². The number of nitrogens with zero attached hydrogens (tertiary/aromatic N) is 4. The predicted octanol–water partition coefficient (Wildman–Crippen LogP) is 2.45. The molecule has 0 saturated carbocycles. The number of anilines is 1. The standard InChI is InChI=1S/C12H12F3N5O2/c1-3-6-8(20(21)22)10-16-4-7-9(19(10)18-6)11(2,5-17-7)12(13,14)15/h4,17H,3,5H2,1-2H3. The maximum Gasteiger partial charge on any atom is 0.401 e. The van der Waals surface area contributed by atoms with Crippen LogP contribution in [0, 0.1) is 10.1 Å². The van der Waals surface area contributed by atoms with Gasteiger partial charge in [0, 0.05) is 6.54 Å². The van der Waals surface area contributed by atoms with Crippen LogP contribution in [0.1, 0.15) is 25.2 Å². The molecule has 7 nitrogen and oxygen atoms in total. The van der Waals surface area contributed by atoms with Crippen LogP contribution in [0.5, 0.6) is 0 Å². The second kappa shape index (κ2) is 4.31. The molecule has 1 N–H and O–H groups in total. The predicted molar refractivity (Wildman–Crippen MR) is 70.9 cm³/mol. The van der Waals surface area contributed by atoms with E-state index >= 15 is 0 Å². The van der Waals surface area contributed by atoms with E-state index in [9.17, 15) is 23.3 Å². The Morgan fingerprint density at radius 3 is 2.77 bits per heavy atom. The van der Waals surface area contributed by atoms with E-state index < -0.39 is 16.5 Å². The molecule has 1 atom stereocenters. The SMILES string of the molecule is CCc1nn2c3c(cnc2c1[N+](=O)[O-])NCC3(C)C(F)(F)F. The molecular weight excluding hydrogens is 303 g/mol. The summed E-state index contributed by atoms with van der Waals surface area (Å²) in [6.45, 7) is 2.34. The molecule has 22 heavy (non-hydrogen) atoms. The molecule has 3 rings (SSSR count). The number of alkyl halides is 3. The van der Waals surface area contributed by atoms with Gasteiger partial charge in [-0.2, -0.15) is 18.3 Å². The Balaban J connectivity index is 2.39. The Hall–Kier alpha value is -2.39. The molecule has 0 spiro atoms. The van der Waals surface area contributed by atoms with Gasteiger partial charge in [0.2, 0.25) is 5.65 Å². The monoisotopic (exact) mass is 315 g/mol. The van der Waals surface area contributed by atoms with Gasteiger partial charge in [-0.3, -0.25) is 10.1 Å². The maximum absolute atomic E-state index is 13.5. The number of halogens is 3. The highest BCUT2D eigenvalue weighted by atomic mass is 19.4. The van der Waals surface area contributed by atoms with Gasteiger partial charge >= 0.3 is 11.9 Å². The van der Waals surface area contributed by atoms with E-state index in [2.05, 4.69) is 15.4 Å². The van der Waals surface area contributed by atoms with Crippen molar-refractivity contribution >= 4 is 17.0 Å². The molecule has 0 radical (unpaired) electrons. The van der Waals surface area contributed by atoms with E-state index in [1.54, 1.807) is 6.92 Å². The Kier molecular flexibility index (Phi) is 2.85. The highest BCUT2D eigenvalue weighted by Crippen LogP contribution is 2.47. The van der Waals surface area contributed by atoms with Gasteiger partial charge in [0.15, 0.2) is 0 Å². The van der Waals surface area contributed by atoms with Gasteiger partial charge in [0.05, 0.1) is 22.5 Å². The van der Waals surface area contributed by atoms with Crippen LogP contribution in [-0.2, 0) is 11.8 Å². The molecule has 2 aromatic heterocycles. The van der Waals surface area contributed by atoms with Crippen molar-refractivity contribution in [3.8, 4) is 0 Å². The number of hydrogen-bond acceptors (Lipinski definition) is 5. The smallest absolute Gasteiger partial charge is 0.381 e. The fraction of sp³-hybridized carbons (Fsp3) is 0.500. The molecule has 118 valence electrons. The van der Waals surface area contributed by atoms with Crippen LogP contribution in [-0.4, -0.2) is 32.2 Å². The number of nitro groups is 1. The van der Waals surface area contributed by atoms with Crippen molar-refractivity contribution in [3.63, 3.8) is 0 Å². The second-order valence-corrected chi connectivity index (χ2v) is 5.35. The highest BCUT2D eigenvalue weighted by molar-refractivity contribution is 5.68. The molecule has 2 aromatic rings. The summed E-state index contributed by atoms with van der Waals surface area (Å²) in [4.78, 5) is 14.4. The summed E-state index contributed by atoms with van der Waals surface area (Å²) in [6.07, 6.45) is -3.10. The first-order valence-corrected chi connectivity index (χ1v) is 6.56. The van der Waals surface area contributed by atoms with Gasteiger partial charge < -0.3 is 5.32 Å². The molecule has 1 aliphatic heterocycles. The molecule has 0 saturated heterocycles. The highest BCUT2D eigenvalue weighted by Gasteiger charge is 2.57. The molecule has 0 fully saturated rings. The Morgan fingerprint density at radius 2 is 2.23 bits per heavy atom. The van der Waals surface area contributed by atoms with Crippen molar-refractivity contribution in [1.82, 2.24) is 14.6 Å². The molecule has 3 heterocycles. The first kappa shape index (κ1) is 14.5. The van der Waals surface area contributed by atoms with E-state index in [1.807, 2.05) is 0 Å². The fourth-order valence-electron chi connectivity index (χ4n) is 2.69. The molecular formula is C12H12F3N5O2. The summed E-state index contributed by atoms with van der Waals surface area (Å²) in [6, 6.07) is 0. The minimum atomic E-state index is -4.52. The zero-order valence-corrected chi connectivity index (χ0v) is 11.7. The van der Waals surface area contributed by atoms with Crippen LogP contribution in [0.25, 0.3) is 5.65 Å². The minimum absolute atomic E-state index is 0.113. The molecule has 0 bridgehead atoms. The lowest BCUT2D eigenvalue weighted by atomic mass is 9.88. The van der Waals surface area contributed by atoms with Crippen molar-refractivity contribution in [3.05, 3.63) is 27.7 Å². The Bertz CT molecular complexity index is 785. The van der Waals surface area contributed by atoms with E-state index in [-0.39, 0.29) is 41.4 Å². The van der Waals surface area contributed by atoms with Gasteiger partial charge in [-0.25, -0.2) is 9.50 Å². The zero-order valence-electron chi connectivity index (χ0n) is 11.7. The van der Waals surface area contributed by atoms with Gasteiger partial charge in [0.25, 0.3) is 0 Å². The second-order valence-electron chi connectivity index (χ2n) is 5.35. The van der Waals surface area contributed by atoms with Gasteiger partial charge in [-0.1, -0.05) is 6.92 Å². The lowest BCUT2D eigenvalue weighted by Gasteiger charge is -2.26. The molecule has 1 unspecified atom stereocenters. The summed E-state index contributed by atoms with van der Waals surface area (Å²) in [5.41, 5.74) is -2.54. The van der Waals surface area contributed by atoms with Crippen LogP contribution >= 0.6 is 0 Å². The number of fused-ring (bicyclic) bond motifs is 3. The normalized spacial score (nSPS) is 21.0. The summed E-state index contributed by atoms with van der Waals surface area (Å²) in [7, 11) is 0. The third kappa shape index (κ3) is 1.69. The summed E-state index contributed by atoms with van der Waals surface area (Å²) in [5, 5.41) is 17.8. The van der Waals surface area contributed by atoms with E-state index in [1.165, 1.54) is 6.20 Å². The maximum atomic E-state index is 13.5. The number of rotatable bonds is 2. The van der Waals surface area contributed by atoms with E-state index in [4.69, 9.17) is 0 Å². The average molecular weight is 315 g/mol. The third-order valence-electron chi connectivity index (χ3n) is 3.99. The van der Waals surface area contributed by atoms with Crippen LogP contribution in [0.3, 0.4) is 0 Å². The lowest BCUT2D eigenvalue weighted by Crippen LogP contribution is -2.42. The Morgan fingerprint density at radius 1 is 1.55 bits per heavy atom. The van der Waals surface area contributed by atoms with Crippen molar-refractivity contribution in [1.29, 1.82) is 0 Å². The fourth-order valence-corrected chi connectivity index (χ4v) is 2.69. The van der Waals surface area contributed by atoms with Crippen molar-refractivity contribution < 1.29 is 18.1 Å². The van der Waals surface area contributed by atoms with E-state index in [0.29, 0.717) is 0 Å². The minimum Gasteiger partial charge on any atom is -0.381 e. The molecule has 0 aromatic carbocycles. The number of nitrogens with one attached hydrogen (secondary N) is 1. The Labute approximate surface area is 122 Å². The number of aromatic nitrogens is 3. The van der Waals surface area contributed by atoms with Crippen LogP contribution in [0.2, 0.25) is 0 Å². The third-order valence-corrected chi connectivity index (χ3v) is 3.99. The zero-order chi connectivity index (χ0) is 16.3. The van der Waals surface area contributed by atoms with Gasteiger partial charge in [0.1, 0.15) is 11.1 Å². The molecule has 10 heteroatoms. The first-order valence-electron chi connectivity index (χ1n) is 6.56. The quantitative estimate of drug-likeness (QED) is 0.679. The van der Waals surface area contributed by atoms with Crippen molar-refractivity contribution in [2.24, 2.45) is 0 Å².